The summed E-state index contributed by atoms with van der Waals surface area (Å²) in [5.74, 6) is 0.605. The van der Waals surface area contributed by atoms with E-state index in [1.54, 1.807) is 12.1 Å². The van der Waals surface area contributed by atoms with Crippen molar-refractivity contribution in [3.8, 4) is 11.5 Å². The van der Waals surface area contributed by atoms with Gasteiger partial charge in [-0.2, -0.15) is 0 Å². The molecule has 0 aliphatic carbocycles. The predicted octanol–water partition coefficient (Wildman–Crippen LogP) is 4.45. The Morgan fingerprint density at radius 3 is 3.00 bits per heavy atom. The van der Waals surface area contributed by atoms with Crippen LogP contribution >= 0.6 is 23.2 Å². The van der Waals surface area contributed by atoms with E-state index >= 15 is 0 Å². The van der Waals surface area contributed by atoms with Gasteiger partial charge in [-0.15, -0.1) is 0 Å². The highest BCUT2D eigenvalue weighted by Crippen LogP contribution is 2.34. The molecule has 5 heteroatoms. The van der Waals surface area contributed by atoms with Crippen molar-refractivity contribution in [1.29, 1.82) is 0 Å². The molecule has 0 spiro atoms. The van der Waals surface area contributed by atoms with Gasteiger partial charge in [-0.3, -0.25) is 0 Å². The van der Waals surface area contributed by atoms with E-state index in [1.165, 1.54) is 11.1 Å². The van der Waals surface area contributed by atoms with E-state index in [0.29, 0.717) is 27.0 Å². The molecule has 106 valence electrons. The summed E-state index contributed by atoms with van der Waals surface area (Å²) in [6, 6.07) is 9.66. The minimum Gasteiger partial charge on any atom is -0.434 e. The quantitative estimate of drug-likeness (QED) is 0.720. The van der Waals surface area contributed by atoms with Gasteiger partial charge in [0.05, 0.1) is 5.02 Å². The second kappa shape index (κ2) is 5.02. The van der Waals surface area contributed by atoms with Crippen LogP contribution < -0.4 is 5.32 Å². The highest BCUT2D eigenvalue weighted by atomic mass is 35.5. The average molecular weight is 319 g/mol. The summed E-state index contributed by atoms with van der Waals surface area (Å²) in [6.45, 7) is 1.85. The maximum atomic E-state index is 6.18. The number of benzene rings is 2. The predicted molar refractivity (Wildman–Crippen MR) is 84.9 cm³/mol. The number of nitrogens with zero attached hydrogens (tertiary/aromatic N) is 1. The Balaban J connectivity index is 1.93. The topological polar surface area (TPSA) is 38.1 Å². The van der Waals surface area contributed by atoms with Crippen LogP contribution in [0.2, 0.25) is 10.0 Å². The number of hydrogen-bond donors (Lipinski definition) is 1. The molecule has 0 saturated heterocycles. The Labute approximate surface area is 131 Å². The van der Waals surface area contributed by atoms with Crippen LogP contribution in [-0.4, -0.2) is 11.5 Å². The fourth-order valence-corrected chi connectivity index (χ4v) is 3.33. The number of halogens is 2. The molecule has 0 amide bonds. The Bertz CT molecular complexity index is 842. The fraction of sp³-hybridized carbons (Fsp3) is 0.188. The van der Waals surface area contributed by atoms with E-state index in [4.69, 9.17) is 27.6 Å². The molecule has 0 saturated carbocycles. The van der Waals surface area contributed by atoms with Crippen molar-refractivity contribution in [2.75, 3.05) is 6.54 Å². The molecule has 1 aliphatic heterocycles. The Morgan fingerprint density at radius 1 is 1.19 bits per heavy atom. The first kappa shape index (κ1) is 13.1. The number of oxazole rings is 1. The zero-order valence-corrected chi connectivity index (χ0v) is 12.6. The van der Waals surface area contributed by atoms with Gasteiger partial charge in [-0.05, 0) is 42.3 Å². The monoisotopic (exact) mass is 318 g/mol. The minimum atomic E-state index is 0.489. The van der Waals surface area contributed by atoms with Crippen LogP contribution in [0.5, 0.6) is 0 Å². The fourth-order valence-electron chi connectivity index (χ4n) is 2.81. The van der Waals surface area contributed by atoms with Crippen molar-refractivity contribution < 1.29 is 4.42 Å². The molecule has 1 aliphatic rings. The van der Waals surface area contributed by atoms with Crippen LogP contribution in [0.15, 0.2) is 34.7 Å². The molecule has 0 fully saturated rings. The third-order valence-electron chi connectivity index (χ3n) is 3.78. The molecule has 2 heterocycles. The Morgan fingerprint density at radius 2 is 2.10 bits per heavy atom. The van der Waals surface area contributed by atoms with Crippen molar-refractivity contribution in [2.24, 2.45) is 0 Å². The average Bonchev–Trinajstić information content (AvgIpc) is 2.90. The third-order valence-corrected chi connectivity index (χ3v) is 4.28. The molecule has 2 aromatic carbocycles. The van der Waals surface area contributed by atoms with Crippen molar-refractivity contribution in [1.82, 2.24) is 10.3 Å². The molecular weight excluding hydrogens is 307 g/mol. The van der Waals surface area contributed by atoms with E-state index in [-0.39, 0.29) is 0 Å². The Hall–Kier alpha value is -1.55. The van der Waals surface area contributed by atoms with Gasteiger partial charge in [0.25, 0.3) is 0 Å². The number of aromatic nitrogens is 1. The van der Waals surface area contributed by atoms with Crippen LogP contribution in [0.3, 0.4) is 0 Å². The molecule has 1 aromatic heterocycles. The summed E-state index contributed by atoms with van der Waals surface area (Å²) in [5.41, 5.74) is 4.91. The SMILES string of the molecule is Clc1cc(Cl)c2oc(-c3cccc4c3CCNC4)nc2c1. The van der Waals surface area contributed by atoms with Gasteiger partial charge < -0.3 is 9.73 Å². The van der Waals surface area contributed by atoms with E-state index in [1.807, 2.05) is 12.1 Å². The maximum absolute atomic E-state index is 6.18. The molecular formula is C16H12Cl2N2O. The first-order chi connectivity index (χ1) is 10.2. The largest absolute Gasteiger partial charge is 0.434 e. The molecule has 0 atom stereocenters. The lowest BCUT2D eigenvalue weighted by molar-refractivity contribution is 0.611. The lowest BCUT2D eigenvalue weighted by Crippen LogP contribution is -2.24. The van der Waals surface area contributed by atoms with Crippen molar-refractivity contribution >= 4 is 34.3 Å². The minimum absolute atomic E-state index is 0.489. The number of rotatable bonds is 1. The Kier molecular flexibility index (Phi) is 3.14. The normalized spacial score (nSPS) is 14.4. The molecule has 3 aromatic rings. The molecule has 0 unspecified atom stereocenters. The van der Waals surface area contributed by atoms with Crippen molar-refractivity contribution in [3.63, 3.8) is 0 Å². The summed E-state index contributed by atoms with van der Waals surface area (Å²) in [5, 5.41) is 4.42. The smallest absolute Gasteiger partial charge is 0.227 e. The molecule has 0 bridgehead atoms. The number of hydrogen-bond acceptors (Lipinski definition) is 3. The van der Waals surface area contributed by atoms with Gasteiger partial charge in [0.1, 0.15) is 5.52 Å². The van der Waals surface area contributed by atoms with Crippen LogP contribution in [-0.2, 0) is 13.0 Å². The second-order valence-electron chi connectivity index (χ2n) is 5.12. The van der Waals surface area contributed by atoms with Gasteiger partial charge in [0.15, 0.2) is 5.58 Å². The summed E-state index contributed by atoms with van der Waals surface area (Å²) < 4.78 is 5.88. The number of fused-ring (bicyclic) bond motifs is 2. The summed E-state index contributed by atoms with van der Waals surface area (Å²) in [6.07, 6.45) is 0.971. The summed E-state index contributed by atoms with van der Waals surface area (Å²) >= 11 is 12.2. The van der Waals surface area contributed by atoms with E-state index in [2.05, 4.69) is 16.4 Å². The molecule has 3 nitrogen and oxygen atoms in total. The van der Waals surface area contributed by atoms with Crippen LogP contribution in [0, 0.1) is 0 Å². The highest BCUT2D eigenvalue weighted by molar-refractivity contribution is 6.38. The molecule has 0 radical (unpaired) electrons. The summed E-state index contributed by atoms with van der Waals surface area (Å²) in [4.78, 5) is 4.56. The van der Waals surface area contributed by atoms with Gasteiger partial charge in [0, 0.05) is 17.1 Å². The highest BCUT2D eigenvalue weighted by Gasteiger charge is 2.18. The standard InChI is InChI=1S/C16H12Cl2N2O/c17-10-6-13(18)15-14(7-10)20-16(21-15)12-3-1-2-9-8-19-5-4-11(9)12/h1-3,6-7,19H,4-5,8H2. The maximum Gasteiger partial charge on any atom is 0.227 e. The van der Waals surface area contributed by atoms with E-state index in [9.17, 15) is 0 Å². The van der Waals surface area contributed by atoms with Crippen molar-refractivity contribution in [3.05, 3.63) is 51.5 Å². The lowest BCUT2D eigenvalue weighted by atomic mass is 9.95. The summed E-state index contributed by atoms with van der Waals surface area (Å²) in [7, 11) is 0. The first-order valence-electron chi connectivity index (χ1n) is 6.80. The van der Waals surface area contributed by atoms with Gasteiger partial charge in [0.2, 0.25) is 5.89 Å². The molecule has 21 heavy (non-hydrogen) atoms. The van der Waals surface area contributed by atoms with E-state index < -0.39 is 0 Å². The number of nitrogens with one attached hydrogen (secondary N) is 1. The van der Waals surface area contributed by atoms with Crippen molar-refractivity contribution in [2.45, 2.75) is 13.0 Å². The molecule has 1 N–H and O–H groups in total. The van der Waals surface area contributed by atoms with Crippen LogP contribution in [0.4, 0.5) is 0 Å². The lowest BCUT2D eigenvalue weighted by Gasteiger charge is -2.18. The second-order valence-corrected chi connectivity index (χ2v) is 5.97. The molecule has 4 rings (SSSR count). The van der Waals surface area contributed by atoms with Crippen LogP contribution in [0.25, 0.3) is 22.6 Å². The van der Waals surface area contributed by atoms with Gasteiger partial charge >= 0.3 is 0 Å². The van der Waals surface area contributed by atoms with Crippen LogP contribution in [0.1, 0.15) is 11.1 Å². The van der Waals surface area contributed by atoms with Gasteiger partial charge in [-0.1, -0.05) is 35.3 Å². The first-order valence-corrected chi connectivity index (χ1v) is 7.55. The van der Waals surface area contributed by atoms with E-state index in [0.717, 1.165) is 25.1 Å². The van der Waals surface area contributed by atoms with Gasteiger partial charge in [-0.25, -0.2) is 4.98 Å². The zero-order valence-electron chi connectivity index (χ0n) is 11.1. The third kappa shape index (κ3) is 2.22. The zero-order chi connectivity index (χ0) is 14.4.